The Morgan fingerprint density at radius 2 is 1.78 bits per heavy atom. The maximum absolute atomic E-state index is 4.65. The van der Waals surface area contributed by atoms with Crippen LogP contribution in [0.3, 0.4) is 0 Å². The predicted octanol–water partition coefficient (Wildman–Crippen LogP) is 3.75. The van der Waals surface area contributed by atoms with Crippen LogP contribution in [0.2, 0.25) is 0 Å². The second-order valence-electron chi connectivity index (χ2n) is 3.90. The number of hydrogen-bond donors (Lipinski definition) is 0. The van der Waals surface area contributed by atoms with Crippen molar-refractivity contribution >= 4 is 21.7 Å². The smallest absolute Gasteiger partial charge is 0.161 e. The Hall–Kier alpha value is -1.42. The maximum Gasteiger partial charge on any atom is 0.161 e. The summed E-state index contributed by atoms with van der Waals surface area (Å²) in [5.41, 5.74) is 1.04. The molecule has 1 heterocycles. The van der Waals surface area contributed by atoms with Crippen LogP contribution in [-0.2, 0) is 0 Å². The van der Waals surface area contributed by atoms with Gasteiger partial charge >= 0.3 is 0 Å². The number of benzene rings is 1. The Bertz CT molecular complexity index is 510. The van der Waals surface area contributed by atoms with Crippen LogP contribution >= 0.6 is 15.9 Å². The summed E-state index contributed by atoms with van der Waals surface area (Å²) in [6.45, 7) is 6.11. The molecule has 0 bridgehead atoms. The molecule has 3 nitrogen and oxygen atoms in total. The summed E-state index contributed by atoms with van der Waals surface area (Å²) in [6.07, 6.45) is 1.82. The molecule has 0 fully saturated rings. The molecule has 0 aliphatic carbocycles. The van der Waals surface area contributed by atoms with Gasteiger partial charge in [-0.2, -0.15) is 0 Å². The van der Waals surface area contributed by atoms with Gasteiger partial charge in [0.05, 0.1) is 4.47 Å². The minimum Gasteiger partial charge on any atom is -0.356 e. The molecule has 4 heteroatoms. The first kappa shape index (κ1) is 13.0. The highest BCUT2D eigenvalue weighted by Gasteiger charge is 2.11. The van der Waals surface area contributed by atoms with Crippen molar-refractivity contribution in [1.82, 2.24) is 9.97 Å². The standard InChI is InChI=1S/C14H16BrN3/c1-3-18(4-2)14-12(15)10-16-13(17-14)11-8-6-5-7-9-11/h5-10H,3-4H2,1-2H3. The second-order valence-corrected chi connectivity index (χ2v) is 4.76. The molecule has 18 heavy (non-hydrogen) atoms. The predicted molar refractivity (Wildman–Crippen MR) is 78.7 cm³/mol. The van der Waals surface area contributed by atoms with Crippen LogP contribution in [0.15, 0.2) is 41.0 Å². The Balaban J connectivity index is 2.44. The molecule has 0 unspecified atom stereocenters. The molecule has 0 saturated carbocycles. The minimum atomic E-state index is 0.765. The second kappa shape index (κ2) is 5.96. The fourth-order valence-corrected chi connectivity index (χ4v) is 2.27. The molecule has 94 valence electrons. The summed E-state index contributed by atoms with van der Waals surface area (Å²) in [5.74, 6) is 1.72. The van der Waals surface area contributed by atoms with Gasteiger partial charge in [0.15, 0.2) is 5.82 Å². The average Bonchev–Trinajstić information content (AvgIpc) is 2.43. The molecule has 1 aromatic carbocycles. The van der Waals surface area contributed by atoms with Crippen molar-refractivity contribution in [2.45, 2.75) is 13.8 Å². The zero-order valence-electron chi connectivity index (χ0n) is 10.6. The summed E-state index contributed by atoms with van der Waals surface area (Å²) in [6, 6.07) is 10.0. The molecule has 1 aromatic heterocycles. The van der Waals surface area contributed by atoms with Crippen LogP contribution in [0, 0.1) is 0 Å². The van der Waals surface area contributed by atoms with Gasteiger partial charge in [-0.1, -0.05) is 30.3 Å². The van der Waals surface area contributed by atoms with E-state index >= 15 is 0 Å². The van der Waals surface area contributed by atoms with Crippen molar-refractivity contribution in [2.75, 3.05) is 18.0 Å². The molecular weight excluding hydrogens is 290 g/mol. The summed E-state index contributed by atoms with van der Waals surface area (Å²) in [7, 11) is 0. The van der Waals surface area contributed by atoms with Crippen LogP contribution in [0.1, 0.15) is 13.8 Å². The Morgan fingerprint density at radius 1 is 1.11 bits per heavy atom. The third-order valence-electron chi connectivity index (χ3n) is 2.82. The highest BCUT2D eigenvalue weighted by Crippen LogP contribution is 2.25. The van der Waals surface area contributed by atoms with Gasteiger partial charge in [-0.15, -0.1) is 0 Å². The van der Waals surface area contributed by atoms with Crippen LogP contribution in [-0.4, -0.2) is 23.1 Å². The summed E-state index contributed by atoms with van der Waals surface area (Å²) >= 11 is 3.52. The molecule has 2 rings (SSSR count). The first-order valence-electron chi connectivity index (χ1n) is 6.09. The first-order valence-corrected chi connectivity index (χ1v) is 6.88. The van der Waals surface area contributed by atoms with Crippen molar-refractivity contribution in [2.24, 2.45) is 0 Å². The maximum atomic E-state index is 4.65. The van der Waals surface area contributed by atoms with E-state index in [0.717, 1.165) is 34.8 Å². The van der Waals surface area contributed by atoms with Gasteiger partial charge in [0.1, 0.15) is 5.82 Å². The summed E-state index contributed by atoms with van der Waals surface area (Å²) < 4.78 is 0.936. The number of nitrogens with zero attached hydrogens (tertiary/aromatic N) is 3. The molecule has 0 saturated heterocycles. The normalized spacial score (nSPS) is 10.4. The van der Waals surface area contributed by atoms with E-state index in [1.807, 2.05) is 36.5 Å². The SMILES string of the molecule is CCN(CC)c1nc(-c2ccccc2)ncc1Br. The molecule has 0 aliphatic rings. The van der Waals surface area contributed by atoms with E-state index in [4.69, 9.17) is 0 Å². The minimum absolute atomic E-state index is 0.765. The summed E-state index contributed by atoms with van der Waals surface area (Å²) in [4.78, 5) is 11.2. The largest absolute Gasteiger partial charge is 0.356 e. The van der Waals surface area contributed by atoms with E-state index in [9.17, 15) is 0 Å². The quantitative estimate of drug-likeness (QED) is 0.861. The number of halogens is 1. The molecule has 0 amide bonds. The fraction of sp³-hybridized carbons (Fsp3) is 0.286. The van der Waals surface area contributed by atoms with E-state index < -0.39 is 0 Å². The summed E-state index contributed by atoms with van der Waals surface area (Å²) in [5, 5.41) is 0. The Morgan fingerprint density at radius 3 is 2.39 bits per heavy atom. The third-order valence-corrected chi connectivity index (χ3v) is 3.38. The third kappa shape index (κ3) is 2.70. The van der Waals surface area contributed by atoms with Gasteiger partial charge in [-0.05, 0) is 29.8 Å². The monoisotopic (exact) mass is 305 g/mol. The van der Waals surface area contributed by atoms with Gasteiger partial charge < -0.3 is 4.90 Å². The lowest BCUT2D eigenvalue weighted by atomic mass is 10.2. The van der Waals surface area contributed by atoms with E-state index in [1.54, 1.807) is 0 Å². The Labute approximate surface area is 116 Å². The van der Waals surface area contributed by atoms with Crippen LogP contribution in [0.5, 0.6) is 0 Å². The van der Waals surface area contributed by atoms with E-state index in [-0.39, 0.29) is 0 Å². The number of aromatic nitrogens is 2. The number of hydrogen-bond acceptors (Lipinski definition) is 3. The number of anilines is 1. The molecule has 0 spiro atoms. The van der Waals surface area contributed by atoms with E-state index in [0.29, 0.717) is 0 Å². The van der Waals surface area contributed by atoms with Gasteiger partial charge in [0.25, 0.3) is 0 Å². The lowest BCUT2D eigenvalue weighted by molar-refractivity contribution is 0.839. The van der Waals surface area contributed by atoms with Crippen LogP contribution in [0.4, 0.5) is 5.82 Å². The molecular formula is C14H16BrN3. The average molecular weight is 306 g/mol. The van der Waals surface area contributed by atoms with Gasteiger partial charge in [-0.3, -0.25) is 0 Å². The topological polar surface area (TPSA) is 29.0 Å². The molecule has 0 N–H and O–H groups in total. The molecule has 0 radical (unpaired) electrons. The van der Waals surface area contributed by atoms with Gasteiger partial charge in [0, 0.05) is 24.8 Å². The van der Waals surface area contributed by atoms with Gasteiger partial charge in [0.2, 0.25) is 0 Å². The van der Waals surface area contributed by atoms with Gasteiger partial charge in [-0.25, -0.2) is 9.97 Å². The van der Waals surface area contributed by atoms with Crippen molar-refractivity contribution in [1.29, 1.82) is 0 Å². The zero-order valence-corrected chi connectivity index (χ0v) is 12.2. The van der Waals surface area contributed by atoms with E-state index in [2.05, 4.69) is 44.6 Å². The number of rotatable bonds is 4. The lowest BCUT2D eigenvalue weighted by Gasteiger charge is -2.21. The van der Waals surface area contributed by atoms with Crippen molar-refractivity contribution in [3.8, 4) is 11.4 Å². The first-order chi connectivity index (χ1) is 8.76. The Kier molecular flexibility index (Phi) is 4.31. The van der Waals surface area contributed by atoms with Crippen molar-refractivity contribution in [3.05, 3.63) is 41.0 Å². The van der Waals surface area contributed by atoms with Crippen LogP contribution in [0.25, 0.3) is 11.4 Å². The zero-order chi connectivity index (χ0) is 13.0. The molecule has 0 atom stereocenters. The van der Waals surface area contributed by atoms with E-state index in [1.165, 1.54) is 0 Å². The fourth-order valence-electron chi connectivity index (χ4n) is 1.83. The van der Waals surface area contributed by atoms with Crippen molar-refractivity contribution < 1.29 is 0 Å². The van der Waals surface area contributed by atoms with Crippen LogP contribution < -0.4 is 4.90 Å². The molecule has 2 aromatic rings. The van der Waals surface area contributed by atoms with Crippen molar-refractivity contribution in [3.63, 3.8) is 0 Å². The highest BCUT2D eigenvalue weighted by atomic mass is 79.9. The molecule has 0 aliphatic heterocycles. The lowest BCUT2D eigenvalue weighted by Crippen LogP contribution is -2.23. The highest BCUT2D eigenvalue weighted by molar-refractivity contribution is 9.10.